The molecule has 0 radical (unpaired) electrons. The Morgan fingerprint density at radius 3 is 2.36 bits per heavy atom. The first-order valence-corrected chi connectivity index (χ1v) is 12.1. The number of benzene rings is 3. The number of halogens is 1. The largest absolute Gasteiger partial charge is 0.272 e. The van der Waals surface area contributed by atoms with Crippen molar-refractivity contribution in [1.82, 2.24) is 20.2 Å². The minimum absolute atomic E-state index is 0.158. The fraction of sp³-hybridized carbons (Fsp3) is 0.120. The molecule has 8 heteroatoms. The summed E-state index contributed by atoms with van der Waals surface area (Å²) in [6.45, 7) is 4.10. The van der Waals surface area contributed by atoms with E-state index in [0.717, 1.165) is 27.1 Å². The number of hydrogen-bond acceptors (Lipinski definition) is 5. The Kier molecular flexibility index (Phi) is 7.36. The van der Waals surface area contributed by atoms with Crippen LogP contribution < -0.4 is 5.43 Å². The smallest absolute Gasteiger partial charge is 0.250 e. The van der Waals surface area contributed by atoms with Crippen LogP contribution in [-0.4, -0.2) is 32.6 Å². The lowest BCUT2D eigenvalue weighted by molar-refractivity contribution is -0.118. The number of aryl methyl sites for hydroxylation is 2. The number of hydrazone groups is 1. The van der Waals surface area contributed by atoms with Crippen LogP contribution in [0.25, 0.3) is 17.1 Å². The maximum Gasteiger partial charge on any atom is 0.250 e. The van der Waals surface area contributed by atoms with Gasteiger partial charge in [0, 0.05) is 21.3 Å². The molecule has 4 aromatic rings. The molecule has 0 aliphatic heterocycles. The van der Waals surface area contributed by atoms with Crippen molar-refractivity contribution >= 4 is 39.8 Å². The van der Waals surface area contributed by atoms with Gasteiger partial charge in [-0.1, -0.05) is 93.4 Å². The quantitative estimate of drug-likeness (QED) is 0.197. The van der Waals surface area contributed by atoms with Crippen LogP contribution in [-0.2, 0) is 4.79 Å². The summed E-state index contributed by atoms with van der Waals surface area (Å²) in [5.74, 6) is 0.665. The summed E-state index contributed by atoms with van der Waals surface area (Å²) in [5.41, 5.74) is 7.70. The van der Waals surface area contributed by atoms with E-state index in [2.05, 4.69) is 36.7 Å². The van der Waals surface area contributed by atoms with Crippen LogP contribution in [0.2, 0.25) is 0 Å². The molecule has 6 nitrogen and oxygen atoms in total. The number of carbonyl (C=O) groups is 1. The van der Waals surface area contributed by atoms with Gasteiger partial charge >= 0.3 is 0 Å². The molecule has 0 saturated heterocycles. The van der Waals surface area contributed by atoms with Gasteiger partial charge in [-0.15, -0.1) is 10.2 Å². The number of amides is 1. The first-order chi connectivity index (χ1) is 16.0. The normalized spacial score (nSPS) is 11.1. The Hall–Kier alpha value is -3.23. The molecule has 0 aliphatic carbocycles. The Morgan fingerprint density at radius 2 is 1.67 bits per heavy atom. The number of nitrogens with one attached hydrogen (secondary N) is 1. The second-order valence-electron chi connectivity index (χ2n) is 7.45. The highest BCUT2D eigenvalue weighted by Gasteiger charge is 2.17. The Balaban J connectivity index is 1.52. The summed E-state index contributed by atoms with van der Waals surface area (Å²) in [7, 11) is 0. The molecule has 0 aliphatic rings. The van der Waals surface area contributed by atoms with Crippen LogP contribution in [0.5, 0.6) is 0 Å². The van der Waals surface area contributed by atoms with E-state index < -0.39 is 0 Å². The van der Waals surface area contributed by atoms with Crippen LogP contribution in [0.4, 0.5) is 0 Å². The molecule has 1 heterocycles. The van der Waals surface area contributed by atoms with Gasteiger partial charge in [-0.25, -0.2) is 5.43 Å². The summed E-state index contributed by atoms with van der Waals surface area (Å²) in [4.78, 5) is 12.4. The van der Waals surface area contributed by atoms with E-state index in [1.165, 1.54) is 22.9 Å². The summed E-state index contributed by atoms with van der Waals surface area (Å²) in [6, 6.07) is 24.0. The maximum atomic E-state index is 12.4. The van der Waals surface area contributed by atoms with Crippen molar-refractivity contribution in [2.24, 2.45) is 5.10 Å². The van der Waals surface area contributed by atoms with Crippen LogP contribution in [0.3, 0.4) is 0 Å². The molecule has 1 aromatic heterocycles. The molecule has 0 bridgehead atoms. The maximum absolute atomic E-state index is 12.4. The zero-order valence-corrected chi connectivity index (χ0v) is 20.6. The lowest BCUT2D eigenvalue weighted by Crippen LogP contribution is -2.20. The number of hydrogen-bond donors (Lipinski definition) is 1. The number of aromatic nitrogens is 3. The average Bonchev–Trinajstić information content (AvgIpc) is 3.24. The molecule has 1 N–H and O–H groups in total. The second-order valence-corrected chi connectivity index (χ2v) is 9.24. The highest BCUT2D eigenvalue weighted by atomic mass is 79.9. The van der Waals surface area contributed by atoms with Crippen molar-refractivity contribution < 1.29 is 4.79 Å². The number of thioether (sulfide) groups is 1. The van der Waals surface area contributed by atoms with Crippen LogP contribution in [0.1, 0.15) is 16.7 Å². The molecule has 33 heavy (non-hydrogen) atoms. The van der Waals surface area contributed by atoms with E-state index >= 15 is 0 Å². The fourth-order valence-corrected chi connectivity index (χ4v) is 4.23. The molecule has 0 saturated carbocycles. The third-order valence-electron chi connectivity index (χ3n) is 4.87. The van der Waals surface area contributed by atoms with Gasteiger partial charge in [-0.3, -0.25) is 9.36 Å². The molecule has 0 spiro atoms. The highest BCUT2D eigenvalue weighted by molar-refractivity contribution is 9.10. The number of carbonyl (C=O) groups excluding carboxylic acids is 1. The first-order valence-electron chi connectivity index (χ1n) is 10.3. The SMILES string of the molecule is Cc1ccc(-c2nnc(SCC(=O)N/N=C/c3ccccc3Br)n2-c2ccc(C)cc2)cc1. The Bertz CT molecular complexity index is 1280. The fourth-order valence-electron chi connectivity index (χ4n) is 3.10. The Labute approximate surface area is 205 Å². The molecular weight excluding hydrogens is 498 g/mol. The molecule has 0 atom stereocenters. The first kappa shape index (κ1) is 22.9. The minimum Gasteiger partial charge on any atom is -0.272 e. The van der Waals surface area contributed by atoms with Crippen molar-refractivity contribution in [2.45, 2.75) is 19.0 Å². The van der Waals surface area contributed by atoms with E-state index in [4.69, 9.17) is 0 Å². The van der Waals surface area contributed by atoms with Crippen molar-refractivity contribution in [1.29, 1.82) is 0 Å². The topological polar surface area (TPSA) is 72.2 Å². The van der Waals surface area contributed by atoms with Crippen LogP contribution in [0.15, 0.2) is 87.5 Å². The molecule has 3 aromatic carbocycles. The van der Waals surface area contributed by atoms with E-state index in [-0.39, 0.29) is 11.7 Å². The van der Waals surface area contributed by atoms with E-state index in [9.17, 15) is 4.79 Å². The zero-order valence-electron chi connectivity index (χ0n) is 18.2. The second kappa shape index (κ2) is 10.6. The predicted molar refractivity (Wildman–Crippen MR) is 137 cm³/mol. The van der Waals surface area contributed by atoms with E-state index in [1.807, 2.05) is 91.2 Å². The molecule has 0 fully saturated rings. The van der Waals surface area contributed by atoms with E-state index in [1.54, 1.807) is 6.21 Å². The lowest BCUT2D eigenvalue weighted by Gasteiger charge is -2.11. The third-order valence-corrected chi connectivity index (χ3v) is 6.52. The predicted octanol–water partition coefficient (Wildman–Crippen LogP) is 5.56. The van der Waals surface area contributed by atoms with Gasteiger partial charge in [0.05, 0.1) is 12.0 Å². The van der Waals surface area contributed by atoms with Gasteiger partial charge in [0.2, 0.25) is 0 Å². The standard InChI is InChI=1S/C25H22BrN5OS/c1-17-7-11-19(12-8-17)24-29-30-25(31(24)21-13-9-18(2)10-14-21)33-16-23(32)28-27-15-20-5-3-4-6-22(20)26/h3-15H,16H2,1-2H3,(H,28,32)/b27-15+. The third kappa shape index (κ3) is 5.77. The summed E-state index contributed by atoms with van der Waals surface area (Å²) in [5, 5.41) is 13.5. The molecule has 1 amide bonds. The van der Waals surface area contributed by atoms with Gasteiger partial charge < -0.3 is 0 Å². The van der Waals surface area contributed by atoms with Crippen molar-refractivity contribution in [3.05, 3.63) is 94.0 Å². The van der Waals surface area contributed by atoms with Crippen molar-refractivity contribution in [3.63, 3.8) is 0 Å². The van der Waals surface area contributed by atoms with Crippen LogP contribution in [0, 0.1) is 13.8 Å². The number of rotatable bonds is 7. The summed E-state index contributed by atoms with van der Waals surface area (Å²) < 4.78 is 2.89. The Morgan fingerprint density at radius 1 is 1.00 bits per heavy atom. The van der Waals surface area contributed by atoms with Crippen molar-refractivity contribution in [3.8, 4) is 17.1 Å². The molecular formula is C25H22BrN5OS. The molecule has 166 valence electrons. The van der Waals surface area contributed by atoms with Gasteiger partial charge in [0.25, 0.3) is 5.91 Å². The monoisotopic (exact) mass is 519 g/mol. The molecule has 4 rings (SSSR count). The van der Waals surface area contributed by atoms with Gasteiger partial charge in [-0.05, 0) is 32.0 Å². The number of nitrogens with zero attached hydrogens (tertiary/aromatic N) is 4. The zero-order chi connectivity index (χ0) is 23.2. The van der Waals surface area contributed by atoms with E-state index in [0.29, 0.717) is 5.16 Å². The minimum atomic E-state index is -0.223. The van der Waals surface area contributed by atoms with Crippen LogP contribution >= 0.6 is 27.7 Å². The summed E-state index contributed by atoms with van der Waals surface area (Å²) in [6.07, 6.45) is 1.61. The van der Waals surface area contributed by atoms with Gasteiger partial charge in [-0.2, -0.15) is 5.10 Å². The highest BCUT2D eigenvalue weighted by Crippen LogP contribution is 2.28. The summed E-state index contributed by atoms with van der Waals surface area (Å²) >= 11 is 4.78. The average molecular weight is 520 g/mol. The van der Waals surface area contributed by atoms with Gasteiger partial charge in [0.1, 0.15) is 0 Å². The molecule has 0 unspecified atom stereocenters. The van der Waals surface area contributed by atoms with Gasteiger partial charge in [0.15, 0.2) is 11.0 Å². The lowest BCUT2D eigenvalue weighted by atomic mass is 10.1. The van der Waals surface area contributed by atoms with Crippen molar-refractivity contribution in [2.75, 3.05) is 5.75 Å².